The molecule has 0 heterocycles. The van der Waals surface area contributed by atoms with Crippen LogP contribution < -0.4 is 15.4 Å². The van der Waals surface area contributed by atoms with Gasteiger partial charge in [0.05, 0.1) is 0 Å². The fourth-order valence-electron chi connectivity index (χ4n) is 1.84. The van der Waals surface area contributed by atoms with E-state index in [-0.39, 0.29) is 30.1 Å². The Morgan fingerprint density at radius 2 is 1.75 bits per heavy atom. The fourth-order valence-corrected chi connectivity index (χ4v) is 1.84. The molecule has 24 heavy (non-hydrogen) atoms. The summed E-state index contributed by atoms with van der Waals surface area (Å²) in [5.74, 6) is 0.0853. The van der Waals surface area contributed by atoms with Crippen molar-refractivity contribution in [1.82, 2.24) is 0 Å². The fraction of sp³-hybridized carbons (Fsp3) is 0.222. The zero-order valence-electron chi connectivity index (χ0n) is 13.6. The van der Waals surface area contributed by atoms with E-state index in [1.165, 1.54) is 12.1 Å². The summed E-state index contributed by atoms with van der Waals surface area (Å²) in [6.07, 6.45) is 0. The van der Waals surface area contributed by atoms with E-state index in [1.54, 1.807) is 36.4 Å². The third-order valence-electron chi connectivity index (χ3n) is 3.15. The van der Waals surface area contributed by atoms with Gasteiger partial charge in [-0.3, -0.25) is 9.59 Å². The quantitative estimate of drug-likeness (QED) is 0.711. The smallest absolute Gasteiger partial charge is 0.262 e. The molecule has 2 aromatic rings. The molecular formula is C18H20N2O4. The van der Waals surface area contributed by atoms with Crippen molar-refractivity contribution in [1.29, 1.82) is 0 Å². The largest absolute Gasteiger partial charge is 0.508 e. The molecule has 2 aromatic carbocycles. The SMILES string of the molecule is CC(C)C(=O)Nc1cccc(OCC(=O)Nc2ccc(O)cc2)c1. The lowest BCUT2D eigenvalue weighted by Crippen LogP contribution is -2.20. The number of phenolic OH excluding ortho intramolecular Hbond substituents is 1. The van der Waals surface area contributed by atoms with E-state index in [2.05, 4.69) is 10.6 Å². The minimum Gasteiger partial charge on any atom is -0.508 e. The van der Waals surface area contributed by atoms with Crippen molar-refractivity contribution < 1.29 is 19.4 Å². The van der Waals surface area contributed by atoms with E-state index >= 15 is 0 Å². The van der Waals surface area contributed by atoms with Gasteiger partial charge >= 0.3 is 0 Å². The van der Waals surface area contributed by atoms with Gasteiger partial charge in [-0.05, 0) is 36.4 Å². The standard InChI is InChI=1S/C18H20N2O4/c1-12(2)18(23)20-14-4-3-5-16(10-14)24-11-17(22)19-13-6-8-15(21)9-7-13/h3-10,12,21H,11H2,1-2H3,(H,19,22)(H,20,23). The molecule has 3 N–H and O–H groups in total. The first-order valence-electron chi connectivity index (χ1n) is 7.56. The van der Waals surface area contributed by atoms with E-state index in [0.29, 0.717) is 17.1 Å². The summed E-state index contributed by atoms with van der Waals surface area (Å²) in [6.45, 7) is 3.45. The van der Waals surface area contributed by atoms with Crippen molar-refractivity contribution in [3.8, 4) is 11.5 Å². The van der Waals surface area contributed by atoms with Crippen molar-refractivity contribution in [3.63, 3.8) is 0 Å². The summed E-state index contributed by atoms with van der Waals surface area (Å²) in [4.78, 5) is 23.5. The van der Waals surface area contributed by atoms with Crippen molar-refractivity contribution in [3.05, 3.63) is 48.5 Å². The van der Waals surface area contributed by atoms with Gasteiger partial charge in [-0.1, -0.05) is 19.9 Å². The van der Waals surface area contributed by atoms with Crippen molar-refractivity contribution in [2.45, 2.75) is 13.8 Å². The topological polar surface area (TPSA) is 87.7 Å². The number of phenols is 1. The number of nitrogens with one attached hydrogen (secondary N) is 2. The maximum atomic E-state index is 11.9. The molecule has 2 amide bonds. The monoisotopic (exact) mass is 328 g/mol. The van der Waals surface area contributed by atoms with Crippen molar-refractivity contribution >= 4 is 23.2 Å². The molecule has 0 aliphatic rings. The molecule has 0 aromatic heterocycles. The Kier molecular flexibility index (Phi) is 5.78. The molecule has 6 nitrogen and oxygen atoms in total. The van der Waals surface area contributed by atoms with Gasteiger partial charge < -0.3 is 20.5 Å². The number of hydrogen-bond acceptors (Lipinski definition) is 4. The first-order chi connectivity index (χ1) is 11.4. The molecule has 0 saturated carbocycles. The highest BCUT2D eigenvalue weighted by atomic mass is 16.5. The van der Waals surface area contributed by atoms with Crippen molar-refractivity contribution in [2.75, 3.05) is 17.2 Å². The number of carbonyl (C=O) groups excluding carboxylic acids is 2. The van der Waals surface area contributed by atoms with Gasteiger partial charge in [-0.15, -0.1) is 0 Å². The van der Waals surface area contributed by atoms with Crippen LogP contribution in [0.5, 0.6) is 11.5 Å². The van der Waals surface area contributed by atoms with E-state index in [4.69, 9.17) is 4.74 Å². The maximum absolute atomic E-state index is 11.9. The highest BCUT2D eigenvalue weighted by molar-refractivity contribution is 5.93. The van der Waals surface area contributed by atoms with Crippen LogP contribution in [0.15, 0.2) is 48.5 Å². The molecule has 0 fully saturated rings. The Hall–Kier alpha value is -3.02. The van der Waals surface area contributed by atoms with Crippen LogP contribution in [0.1, 0.15) is 13.8 Å². The zero-order chi connectivity index (χ0) is 17.5. The average molecular weight is 328 g/mol. The van der Waals surface area contributed by atoms with Gasteiger partial charge in [0.25, 0.3) is 5.91 Å². The lowest BCUT2D eigenvalue weighted by atomic mass is 10.2. The maximum Gasteiger partial charge on any atom is 0.262 e. The number of amides is 2. The predicted molar refractivity (Wildman–Crippen MR) is 92.1 cm³/mol. The molecule has 2 rings (SSSR count). The van der Waals surface area contributed by atoms with Crippen LogP contribution in [0.25, 0.3) is 0 Å². The van der Waals surface area contributed by atoms with Gasteiger partial charge in [-0.2, -0.15) is 0 Å². The van der Waals surface area contributed by atoms with Crippen LogP contribution in [0.4, 0.5) is 11.4 Å². The van der Waals surface area contributed by atoms with E-state index in [1.807, 2.05) is 13.8 Å². The summed E-state index contributed by atoms with van der Waals surface area (Å²) in [7, 11) is 0. The van der Waals surface area contributed by atoms with Crippen LogP contribution in [-0.2, 0) is 9.59 Å². The Morgan fingerprint density at radius 1 is 1.04 bits per heavy atom. The Labute approximate surface area is 140 Å². The van der Waals surface area contributed by atoms with E-state index in [9.17, 15) is 14.7 Å². The summed E-state index contributed by atoms with van der Waals surface area (Å²) < 4.78 is 5.43. The number of anilines is 2. The lowest BCUT2D eigenvalue weighted by Gasteiger charge is -2.11. The third-order valence-corrected chi connectivity index (χ3v) is 3.15. The molecule has 0 spiro atoms. The van der Waals surface area contributed by atoms with Crippen molar-refractivity contribution in [2.24, 2.45) is 5.92 Å². The van der Waals surface area contributed by atoms with Gasteiger partial charge in [0, 0.05) is 23.4 Å². The number of hydrogen-bond donors (Lipinski definition) is 3. The first kappa shape index (κ1) is 17.3. The van der Waals surface area contributed by atoms with E-state index in [0.717, 1.165) is 0 Å². The van der Waals surface area contributed by atoms with Gasteiger partial charge in [0.2, 0.25) is 5.91 Å². The lowest BCUT2D eigenvalue weighted by molar-refractivity contribution is -0.119. The highest BCUT2D eigenvalue weighted by Gasteiger charge is 2.08. The van der Waals surface area contributed by atoms with Crippen LogP contribution in [0.3, 0.4) is 0 Å². The summed E-state index contributed by atoms with van der Waals surface area (Å²) in [5, 5.41) is 14.6. The molecule has 0 aliphatic carbocycles. The molecular weight excluding hydrogens is 308 g/mol. The minimum atomic E-state index is -0.322. The first-order valence-corrected chi connectivity index (χ1v) is 7.56. The number of benzene rings is 2. The number of rotatable bonds is 6. The summed E-state index contributed by atoms with van der Waals surface area (Å²) >= 11 is 0. The van der Waals surface area contributed by atoms with Crippen LogP contribution >= 0.6 is 0 Å². The van der Waals surface area contributed by atoms with Gasteiger partial charge in [-0.25, -0.2) is 0 Å². The molecule has 0 atom stereocenters. The Bertz CT molecular complexity index is 711. The average Bonchev–Trinajstić information content (AvgIpc) is 2.55. The summed E-state index contributed by atoms with van der Waals surface area (Å²) in [6, 6.07) is 13.0. The summed E-state index contributed by atoms with van der Waals surface area (Å²) in [5.41, 5.74) is 1.18. The third kappa shape index (κ3) is 5.31. The Morgan fingerprint density at radius 3 is 2.42 bits per heavy atom. The Balaban J connectivity index is 1.88. The van der Waals surface area contributed by atoms with Gasteiger partial charge in [0.15, 0.2) is 6.61 Å². The van der Waals surface area contributed by atoms with E-state index < -0.39 is 0 Å². The number of ether oxygens (including phenoxy) is 1. The van der Waals surface area contributed by atoms with Crippen LogP contribution in [0, 0.1) is 5.92 Å². The minimum absolute atomic E-state index is 0.0859. The molecule has 0 aliphatic heterocycles. The molecule has 0 radical (unpaired) electrons. The second-order valence-corrected chi connectivity index (χ2v) is 5.56. The highest BCUT2D eigenvalue weighted by Crippen LogP contribution is 2.18. The molecule has 0 bridgehead atoms. The van der Waals surface area contributed by atoms with Crippen LogP contribution in [-0.4, -0.2) is 23.5 Å². The predicted octanol–water partition coefficient (Wildman–Crippen LogP) is 3.00. The number of carbonyl (C=O) groups is 2. The molecule has 6 heteroatoms. The second kappa shape index (κ2) is 8.01. The normalized spacial score (nSPS) is 10.3. The number of aromatic hydroxyl groups is 1. The zero-order valence-corrected chi connectivity index (χ0v) is 13.6. The molecule has 126 valence electrons. The molecule has 0 unspecified atom stereocenters. The van der Waals surface area contributed by atoms with Crippen LogP contribution in [0.2, 0.25) is 0 Å². The van der Waals surface area contributed by atoms with Gasteiger partial charge in [0.1, 0.15) is 11.5 Å². The molecule has 0 saturated heterocycles. The second-order valence-electron chi connectivity index (χ2n) is 5.56.